The number of benzene rings is 1. The van der Waals surface area contributed by atoms with E-state index in [0.717, 1.165) is 10.9 Å². The largest absolute Gasteiger partial charge is 0.443 e. The van der Waals surface area contributed by atoms with E-state index >= 15 is 0 Å². The molecule has 0 N–H and O–H groups in total. The average Bonchev–Trinajstić information content (AvgIpc) is 2.75. The van der Waals surface area contributed by atoms with Crippen molar-refractivity contribution >= 4 is 22.0 Å². The van der Waals surface area contributed by atoms with Crippen molar-refractivity contribution in [3.05, 3.63) is 41.0 Å². The van der Waals surface area contributed by atoms with Gasteiger partial charge < -0.3 is 8.98 Å². The van der Waals surface area contributed by atoms with Gasteiger partial charge in [0.1, 0.15) is 0 Å². The molecule has 74 valence electrons. The van der Waals surface area contributed by atoms with Crippen LogP contribution in [0.15, 0.2) is 39.9 Å². The van der Waals surface area contributed by atoms with Crippen LogP contribution in [0.25, 0.3) is 22.0 Å². The molecule has 0 aliphatic carbocycles. The highest BCUT2D eigenvalue weighted by atomic mass is 16.3. The zero-order valence-corrected chi connectivity index (χ0v) is 8.10. The lowest BCUT2D eigenvalue weighted by atomic mass is 10.2. The van der Waals surface area contributed by atoms with Crippen LogP contribution in [-0.4, -0.2) is 9.55 Å². The highest BCUT2D eigenvalue weighted by Crippen LogP contribution is 2.20. The first-order valence-corrected chi connectivity index (χ1v) is 4.60. The van der Waals surface area contributed by atoms with Gasteiger partial charge in [-0.1, -0.05) is 12.1 Å². The minimum atomic E-state index is -0.127. The molecule has 0 atom stereocenters. The number of fused-ring (bicyclic) bond motifs is 3. The summed E-state index contributed by atoms with van der Waals surface area (Å²) in [4.78, 5) is 15.8. The second-order valence-electron chi connectivity index (χ2n) is 3.41. The second-order valence-corrected chi connectivity index (χ2v) is 3.41. The Balaban J connectivity index is 2.77. The lowest BCUT2D eigenvalue weighted by molar-refractivity contribution is 0.605. The highest BCUT2D eigenvalue weighted by Gasteiger charge is 2.10. The molecule has 3 aromatic rings. The number of para-hydroxylation sites is 1. The Hall–Kier alpha value is -2.10. The molecule has 0 aliphatic heterocycles. The maximum absolute atomic E-state index is 11.8. The molecule has 0 unspecified atom stereocenters. The first-order valence-electron chi connectivity index (χ1n) is 4.60. The van der Waals surface area contributed by atoms with Crippen LogP contribution in [0.2, 0.25) is 0 Å². The van der Waals surface area contributed by atoms with Crippen molar-refractivity contribution in [3.8, 4) is 0 Å². The molecule has 0 saturated carbocycles. The first-order chi connectivity index (χ1) is 7.29. The van der Waals surface area contributed by atoms with E-state index < -0.39 is 0 Å². The van der Waals surface area contributed by atoms with Crippen molar-refractivity contribution in [2.75, 3.05) is 0 Å². The maximum Gasteiger partial charge on any atom is 0.280 e. The number of nitrogens with zero attached hydrogens (tertiary/aromatic N) is 2. The molecule has 0 aliphatic rings. The third-order valence-electron chi connectivity index (χ3n) is 2.58. The minimum absolute atomic E-state index is 0.127. The third-order valence-corrected chi connectivity index (χ3v) is 2.58. The van der Waals surface area contributed by atoms with Crippen molar-refractivity contribution < 1.29 is 4.42 Å². The molecule has 0 bridgehead atoms. The SMILES string of the molecule is Cn1c(=O)c2ncoc2c2ccccc21. The summed E-state index contributed by atoms with van der Waals surface area (Å²) < 4.78 is 6.83. The number of aryl methyl sites for hydroxylation is 1. The highest BCUT2D eigenvalue weighted by molar-refractivity contribution is 6.00. The third kappa shape index (κ3) is 0.958. The fraction of sp³-hybridized carbons (Fsp3) is 0.0909. The number of hydrogen-bond donors (Lipinski definition) is 0. The van der Waals surface area contributed by atoms with E-state index in [0.29, 0.717) is 11.1 Å². The quantitative estimate of drug-likeness (QED) is 0.554. The fourth-order valence-corrected chi connectivity index (χ4v) is 1.82. The number of aromatic nitrogens is 2. The van der Waals surface area contributed by atoms with Crippen LogP contribution in [0.4, 0.5) is 0 Å². The average molecular weight is 200 g/mol. The van der Waals surface area contributed by atoms with Crippen molar-refractivity contribution in [1.82, 2.24) is 9.55 Å². The molecule has 1 aromatic carbocycles. The van der Waals surface area contributed by atoms with E-state index in [9.17, 15) is 4.79 Å². The lowest BCUT2D eigenvalue weighted by Crippen LogP contribution is -2.17. The van der Waals surface area contributed by atoms with Crippen LogP contribution in [0.5, 0.6) is 0 Å². The number of rotatable bonds is 0. The lowest BCUT2D eigenvalue weighted by Gasteiger charge is -2.03. The summed E-state index contributed by atoms with van der Waals surface area (Å²) in [7, 11) is 1.73. The van der Waals surface area contributed by atoms with Crippen LogP contribution >= 0.6 is 0 Å². The van der Waals surface area contributed by atoms with Crippen molar-refractivity contribution in [2.24, 2.45) is 7.05 Å². The normalized spacial score (nSPS) is 11.3. The molecular weight excluding hydrogens is 192 g/mol. The molecule has 15 heavy (non-hydrogen) atoms. The van der Waals surface area contributed by atoms with Gasteiger partial charge in [-0.2, -0.15) is 0 Å². The van der Waals surface area contributed by atoms with Crippen LogP contribution in [0, 0.1) is 0 Å². The molecular formula is C11H8N2O2. The topological polar surface area (TPSA) is 48.0 Å². The predicted molar refractivity (Wildman–Crippen MR) is 56.8 cm³/mol. The van der Waals surface area contributed by atoms with Gasteiger partial charge in [-0.3, -0.25) is 4.79 Å². The Labute approximate surface area is 84.8 Å². The van der Waals surface area contributed by atoms with Gasteiger partial charge in [0.15, 0.2) is 17.5 Å². The van der Waals surface area contributed by atoms with Crippen molar-refractivity contribution in [3.63, 3.8) is 0 Å². The van der Waals surface area contributed by atoms with Gasteiger partial charge in [-0.15, -0.1) is 0 Å². The molecule has 0 amide bonds. The predicted octanol–water partition coefficient (Wildman–Crippen LogP) is 1.68. The van der Waals surface area contributed by atoms with Gasteiger partial charge in [0, 0.05) is 12.4 Å². The molecule has 4 heteroatoms. The molecule has 0 radical (unpaired) electrons. The number of oxazole rings is 1. The number of pyridine rings is 1. The molecule has 4 nitrogen and oxygen atoms in total. The zero-order valence-electron chi connectivity index (χ0n) is 8.10. The van der Waals surface area contributed by atoms with Gasteiger partial charge in [0.2, 0.25) is 0 Å². The molecule has 0 saturated heterocycles. The summed E-state index contributed by atoms with van der Waals surface area (Å²) in [6, 6.07) is 7.61. The maximum atomic E-state index is 11.8. The van der Waals surface area contributed by atoms with E-state index in [1.54, 1.807) is 11.6 Å². The van der Waals surface area contributed by atoms with Crippen LogP contribution in [0.1, 0.15) is 0 Å². The van der Waals surface area contributed by atoms with E-state index in [1.165, 1.54) is 6.39 Å². The summed E-state index contributed by atoms with van der Waals surface area (Å²) in [6.45, 7) is 0. The molecule has 0 fully saturated rings. The van der Waals surface area contributed by atoms with E-state index in [2.05, 4.69) is 4.98 Å². The van der Waals surface area contributed by atoms with Crippen molar-refractivity contribution in [1.29, 1.82) is 0 Å². The summed E-state index contributed by atoms with van der Waals surface area (Å²) in [5.74, 6) is 0. The Bertz CT molecular complexity index is 709. The minimum Gasteiger partial charge on any atom is -0.443 e. The van der Waals surface area contributed by atoms with Gasteiger partial charge in [-0.05, 0) is 12.1 Å². The first kappa shape index (κ1) is 8.23. The Morgan fingerprint density at radius 2 is 2.13 bits per heavy atom. The van der Waals surface area contributed by atoms with Crippen LogP contribution in [-0.2, 0) is 7.05 Å². The Morgan fingerprint density at radius 3 is 3.00 bits per heavy atom. The standard InChI is InChI=1S/C11H8N2O2/c1-13-8-5-3-2-4-7(8)10-9(11(13)14)12-6-15-10/h2-6H,1H3. The van der Waals surface area contributed by atoms with Gasteiger partial charge >= 0.3 is 0 Å². The van der Waals surface area contributed by atoms with E-state index in [4.69, 9.17) is 4.42 Å². The molecule has 3 rings (SSSR count). The number of hydrogen-bond acceptors (Lipinski definition) is 3. The summed E-state index contributed by atoms with van der Waals surface area (Å²) in [5.41, 5.74) is 1.68. The summed E-state index contributed by atoms with van der Waals surface area (Å²) in [6.07, 6.45) is 1.30. The smallest absolute Gasteiger partial charge is 0.280 e. The van der Waals surface area contributed by atoms with Gasteiger partial charge in [0.25, 0.3) is 5.56 Å². The summed E-state index contributed by atoms with van der Waals surface area (Å²) >= 11 is 0. The van der Waals surface area contributed by atoms with Gasteiger partial charge in [0.05, 0.1) is 5.52 Å². The molecule has 0 spiro atoms. The Morgan fingerprint density at radius 1 is 1.33 bits per heavy atom. The zero-order chi connectivity index (χ0) is 10.4. The van der Waals surface area contributed by atoms with Crippen LogP contribution < -0.4 is 5.56 Å². The van der Waals surface area contributed by atoms with E-state index in [1.807, 2.05) is 24.3 Å². The fourth-order valence-electron chi connectivity index (χ4n) is 1.82. The van der Waals surface area contributed by atoms with Crippen molar-refractivity contribution in [2.45, 2.75) is 0 Å². The van der Waals surface area contributed by atoms with Crippen LogP contribution in [0.3, 0.4) is 0 Å². The van der Waals surface area contributed by atoms with Gasteiger partial charge in [-0.25, -0.2) is 4.98 Å². The second kappa shape index (κ2) is 2.70. The summed E-state index contributed by atoms with van der Waals surface area (Å²) in [5, 5.41) is 0.909. The Kier molecular flexibility index (Phi) is 1.48. The monoisotopic (exact) mass is 200 g/mol. The molecule has 2 aromatic heterocycles. The van der Waals surface area contributed by atoms with E-state index in [-0.39, 0.29) is 5.56 Å². The molecule has 2 heterocycles.